The second-order valence-electron chi connectivity index (χ2n) is 6.09. The maximum Gasteiger partial charge on any atom is 0.257 e. The third-order valence-corrected chi connectivity index (χ3v) is 5.49. The van der Waals surface area contributed by atoms with E-state index in [-0.39, 0.29) is 5.56 Å². The van der Waals surface area contributed by atoms with Gasteiger partial charge in [0, 0.05) is 38.3 Å². The van der Waals surface area contributed by atoms with E-state index < -0.39 is 0 Å². The zero-order valence-corrected chi connectivity index (χ0v) is 14.8. The summed E-state index contributed by atoms with van der Waals surface area (Å²) in [7, 11) is 0. The topological polar surface area (TPSA) is 61.5 Å². The average molecular weight is 347 g/mol. The lowest BCUT2D eigenvalue weighted by Crippen LogP contribution is -2.22. The molecule has 0 saturated heterocycles. The zero-order valence-electron chi connectivity index (χ0n) is 14.0. The second-order valence-corrected chi connectivity index (χ2v) is 7.37. The highest BCUT2D eigenvalue weighted by molar-refractivity contribution is 7.13. The Kier molecular flexibility index (Phi) is 3.66. The normalized spacial score (nSPS) is 12.2. The van der Waals surface area contributed by atoms with Gasteiger partial charge in [0.05, 0.1) is 5.22 Å². The molecule has 4 rings (SSSR count). The van der Waals surface area contributed by atoms with Crippen molar-refractivity contribution in [3.8, 4) is 11.1 Å². The Labute approximate surface area is 147 Å². The molecule has 0 radical (unpaired) electrons. The van der Waals surface area contributed by atoms with Crippen LogP contribution in [0, 0.1) is 24.5 Å². The molecule has 124 valence electrons. The number of aromatic nitrogens is 3. The number of thiophene rings is 1. The molecular weight excluding hydrogens is 330 g/mol. The summed E-state index contributed by atoms with van der Waals surface area (Å²) in [6, 6.07) is 8.00. The van der Waals surface area contributed by atoms with Gasteiger partial charge in [-0.2, -0.15) is 0 Å². The number of nitrogens with zero attached hydrogens (tertiary/aromatic N) is 1. The molecule has 2 aliphatic rings. The molecule has 5 heteroatoms. The van der Waals surface area contributed by atoms with E-state index >= 15 is 0 Å². The van der Waals surface area contributed by atoms with Crippen LogP contribution in [0.15, 0.2) is 41.5 Å². The molecule has 2 aromatic rings. The SMILES string of the molecule is C=c1[nH]c2[nH]c(=O)c(=Cc3cc(C)c(C)s3)c=2cc1-c1ccncc1. The predicted molar refractivity (Wildman–Crippen MR) is 102 cm³/mol. The van der Waals surface area contributed by atoms with Crippen LogP contribution in [0.5, 0.6) is 0 Å². The van der Waals surface area contributed by atoms with Crippen LogP contribution >= 0.6 is 11.3 Å². The van der Waals surface area contributed by atoms with Crippen LogP contribution in [-0.2, 0) is 0 Å². The van der Waals surface area contributed by atoms with Crippen molar-refractivity contribution in [2.24, 2.45) is 0 Å². The molecule has 0 unspecified atom stereocenters. The molecule has 4 heterocycles. The molecule has 0 amide bonds. The Balaban J connectivity index is 2.03. The van der Waals surface area contributed by atoms with Gasteiger partial charge in [-0.3, -0.25) is 9.78 Å². The summed E-state index contributed by atoms with van der Waals surface area (Å²) in [5, 5.41) is 2.30. The van der Waals surface area contributed by atoms with E-state index in [4.69, 9.17) is 0 Å². The fourth-order valence-corrected chi connectivity index (χ4v) is 3.94. The summed E-state index contributed by atoms with van der Waals surface area (Å²) in [6.45, 7) is 8.26. The molecule has 0 fully saturated rings. The van der Waals surface area contributed by atoms with Crippen LogP contribution in [0.1, 0.15) is 15.3 Å². The molecule has 0 atom stereocenters. The number of rotatable bonds is 2. The van der Waals surface area contributed by atoms with Crippen LogP contribution < -0.4 is 16.1 Å². The summed E-state index contributed by atoms with van der Waals surface area (Å²) in [4.78, 5) is 25.0. The first-order valence-corrected chi connectivity index (χ1v) is 8.77. The van der Waals surface area contributed by atoms with E-state index in [1.165, 1.54) is 10.4 Å². The number of hydrogen-bond acceptors (Lipinski definition) is 3. The van der Waals surface area contributed by atoms with Crippen LogP contribution in [0.25, 0.3) is 23.8 Å². The van der Waals surface area contributed by atoms with Gasteiger partial charge in [0.1, 0.15) is 5.48 Å². The average Bonchev–Trinajstić information content (AvgIpc) is 3.07. The first-order valence-electron chi connectivity index (χ1n) is 7.96. The van der Waals surface area contributed by atoms with Crippen molar-refractivity contribution in [2.75, 3.05) is 0 Å². The largest absolute Gasteiger partial charge is 0.341 e. The van der Waals surface area contributed by atoms with Gasteiger partial charge >= 0.3 is 0 Å². The minimum Gasteiger partial charge on any atom is -0.341 e. The molecule has 2 aliphatic heterocycles. The van der Waals surface area contributed by atoms with Crippen molar-refractivity contribution in [3.05, 3.63) is 83.6 Å². The summed E-state index contributed by atoms with van der Waals surface area (Å²) < 4.78 is 0. The van der Waals surface area contributed by atoms with Crippen molar-refractivity contribution in [2.45, 2.75) is 13.8 Å². The Morgan fingerprint density at radius 1 is 1.16 bits per heavy atom. The van der Waals surface area contributed by atoms with E-state index in [1.54, 1.807) is 23.7 Å². The Hall–Kier alpha value is -2.92. The number of aromatic amines is 2. The van der Waals surface area contributed by atoms with E-state index in [0.717, 1.165) is 26.6 Å². The fraction of sp³-hybridized carbons (Fsp3) is 0.100. The Morgan fingerprint density at radius 3 is 2.60 bits per heavy atom. The highest BCUT2D eigenvalue weighted by Crippen LogP contribution is 2.21. The number of H-pyrrole nitrogens is 2. The summed E-state index contributed by atoms with van der Waals surface area (Å²) in [6.07, 6.45) is 5.46. The van der Waals surface area contributed by atoms with Crippen LogP contribution in [0.4, 0.5) is 0 Å². The van der Waals surface area contributed by atoms with Gasteiger partial charge in [-0.25, -0.2) is 0 Å². The molecule has 2 N–H and O–H groups in total. The van der Waals surface area contributed by atoms with Gasteiger partial charge < -0.3 is 9.97 Å². The molecular formula is C20H17N3OS. The van der Waals surface area contributed by atoms with Crippen LogP contribution in [0.2, 0.25) is 0 Å². The molecule has 4 nitrogen and oxygen atoms in total. The van der Waals surface area contributed by atoms with Gasteiger partial charge in [0.15, 0.2) is 0 Å². The van der Waals surface area contributed by atoms with Crippen molar-refractivity contribution < 1.29 is 0 Å². The first kappa shape index (κ1) is 15.6. The molecule has 2 aromatic heterocycles. The molecule has 25 heavy (non-hydrogen) atoms. The smallest absolute Gasteiger partial charge is 0.257 e. The lowest BCUT2D eigenvalue weighted by atomic mass is 10.1. The lowest BCUT2D eigenvalue weighted by Gasteiger charge is -2.01. The van der Waals surface area contributed by atoms with Gasteiger partial charge in [-0.1, -0.05) is 6.58 Å². The Bertz CT molecular complexity index is 1280. The van der Waals surface area contributed by atoms with Gasteiger partial charge in [-0.15, -0.1) is 11.3 Å². The van der Waals surface area contributed by atoms with Crippen LogP contribution in [0.3, 0.4) is 0 Å². The lowest BCUT2D eigenvalue weighted by molar-refractivity contribution is 1.08. The van der Waals surface area contributed by atoms with E-state index in [1.807, 2.05) is 24.3 Å². The van der Waals surface area contributed by atoms with E-state index in [9.17, 15) is 4.79 Å². The first-order chi connectivity index (χ1) is 12.0. The number of hydrogen-bond donors (Lipinski definition) is 2. The minimum atomic E-state index is -0.0961. The summed E-state index contributed by atoms with van der Waals surface area (Å²) in [5.74, 6) is 0. The van der Waals surface area contributed by atoms with Gasteiger partial charge in [0.2, 0.25) is 0 Å². The monoisotopic (exact) mass is 347 g/mol. The molecule has 0 spiro atoms. The summed E-state index contributed by atoms with van der Waals surface area (Å²) >= 11 is 1.69. The van der Waals surface area contributed by atoms with Gasteiger partial charge in [-0.05, 0) is 55.3 Å². The number of aryl methyl sites for hydroxylation is 2. The number of pyridine rings is 1. The van der Waals surface area contributed by atoms with Crippen molar-refractivity contribution in [1.82, 2.24) is 15.0 Å². The minimum absolute atomic E-state index is 0.0961. The van der Waals surface area contributed by atoms with Crippen molar-refractivity contribution in [1.29, 1.82) is 0 Å². The van der Waals surface area contributed by atoms with Crippen LogP contribution in [-0.4, -0.2) is 15.0 Å². The van der Waals surface area contributed by atoms with Crippen molar-refractivity contribution in [3.63, 3.8) is 0 Å². The number of nitrogens with one attached hydrogen (secondary N) is 2. The molecule has 0 aliphatic carbocycles. The van der Waals surface area contributed by atoms with Gasteiger partial charge in [0.25, 0.3) is 5.56 Å². The summed E-state index contributed by atoms with van der Waals surface area (Å²) in [5.41, 5.74) is 3.82. The van der Waals surface area contributed by atoms with E-state index in [0.29, 0.717) is 10.7 Å². The molecule has 0 saturated carbocycles. The predicted octanol–water partition coefficient (Wildman–Crippen LogP) is 2.41. The highest BCUT2D eigenvalue weighted by Gasteiger charge is 2.06. The van der Waals surface area contributed by atoms with E-state index in [2.05, 4.69) is 41.4 Å². The zero-order chi connectivity index (χ0) is 17.6. The third-order valence-electron chi connectivity index (χ3n) is 4.40. The highest BCUT2D eigenvalue weighted by atomic mass is 32.1. The van der Waals surface area contributed by atoms with Crippen molar-refractivity contribution >= 4 is 24.0 Å². The maximum atomic E-state index is 12.5. The third kappa shape index (κ3) is 2.72. The maximum absolute atomic E-state index is 12.5. The Morgan fingerprint density at radius 2 is 1.92 bits per heavy atom. The quantitative estimate of drug-likeness (QED) is 0.585. The second kappa shape index (κ2) is 5.86. The molecule has 0 aromatic carbocycles. The molecule has 0 bridgehead atoms. The fourth-order valence-electron chi connectivity index (χ4n) is 2.95. The standard InChI is InChI=1S/C20H17N3OS/c1-11-8-15(25-13(11)3)9-18-17-10-16(14-4-6-21-7-5-14)12(2)22-19(17)23-20(18)24/h4-10,22H,2H2,1,3H3,(H,23,24).